The third-order valence-corrected chi connectivity index (χ3v) is 6.97. The molecule has 1 aromatic carbocycles. The lowest BCUT2D eigenvalue weighted by Crippen LogP contribution is -2.54. The fourth-order valence-electron chi connectivity index (χ4n) is 5.77. The standard InChI is InChI=1S/C22H27N3O2/c26-20(23-14-15-7-2-1-3-8-15)18-13-16-9-6-12-25(16)22(18)17-10-4-5-11-19(17)24-21(22)27/h4-5,7,10-11,16,18H,1-3,6,8-9,12-14H2,(H,23,26)(H,24,27)/t16-,18+,22+/m1/s1. The molecule has 2 N–H and O–H groups in total. The quantitative estimate of drug-likeness (QED) is 0.810. The molecule has 1 spiro atoms. The van der Waals surface area contributed by atoms with Gasteiger partial charge in [-0.25, -0.2) is 0 Å². The van der Waals surface area contributed by atoms with Crippen molar-refractivity contribution in [1.82, 2.24) is 10.2 Å². The summed E-state index contributed by atoms with van der Waals surface area (Å²) in [6.45, 7) is 1.51. The third-order valence-electron chi connectivity index (χ3n) is 6.97. The summed E-state index contributed by atoms with van der Waals surface area (Å²) in [5.41, 5.74) is 2.35. The highest BCUT2D eigenvalue weighted by Gasteiger charge is 2.65. The van der Waals surface area contributed by atoms with Gasteiger partial charge in [-0.2, -0.15) is 0 Å². The number of carbonyl (C=O) groups excluding carboxylic acids is 2. The monoisotopic (exact) mass is 365 g/mol. The molecule has 2 fully saturated rings. The number of anilines is 1. The zero-order valence-electron chi connectivity index (χ0n) is 15.7. The average molecular weight is 365 g/mol. The van der Waals surface area contributed by atoms with E-state index in [0.29, 0.717) is 12.6 Å². The number of para-hydroxylation sites is 1. The third kappa shape index (κ3) is 2.48. The van der Waals surface area contributed by atoms with Crippen molar-refractivity contribution in [3.05, 3.63) is 41.5 Å². The van der Waals surface area contributed by atoms with Crippen molar-refractivity contribution < 1.29 is 9.59 Å². The number of amides is 2. The second kappa shape index (κ2) is 6.48. The van der Waals surface area contributed by atoms with Crippen LogP contribution in [-0.2, 0) is 15.1 Å². The fourth-order valence-corrected chi connectivity index (χ4v) is 5.77. The highest BCUT2D eigenvalue weighted by atomic mass is 16.2. The first-order chi connectivity index (χ1) is 13.2. The first kappa shape index (κ1) is 17.0. The van der Waals surface area contributed by atoms with Gasteiger partial charge < -0.3 is 10.6 Å². The minimum Gasteiger partial charge on any atom is -0.352 e. The Bertz CT molecular complexity index is 818. The smallest absolute Gasteiger partial charge is 0.250 e. The Labute approximate surface area is 160 Å². The number of carbonyl (C=O) groups is 2. The number of benzene rings is 1. The Hall–Kier alpha value is -2.14. The molecule has 0 unspecified atom stereocenters. The van der Waals surface area contributed by atoms with Gasteiger partial charge in [0.25, 0.3) is 0 Å². The van der Waals surface area contributed by atoms with Crippen LogP contribution in [0.15, 0.2) is 35.9 Å². The Morgan fingerprint density at radius 1 is 1.26 bits per heavy atom. The normalized spacial score (nSPS) is 32.1. The zero-order valence-corrected chi connectivity index (χ0v) is 15.7. The van der Waals surface area contributed by atoms with E-state index >= 15 is 0 Å². The molecule has 2 saturated heterocycles. The Kier molecular flexibility index (Phi) is 4.08. The van der Waals surface area contributed by atoms with Gasteiger partial charge in [0.05, 0.1) is 5.92 Å². The van der Waals surface area contributed by atoms with E-state index in [1.165, 1.54) is 18.4 Å². The summed E-state index contributed by atoms with van der Waals surface area (Å²) in [6.07, 6.45) is 9.86. The molecule has 0 saturated carbocycles. The molecule has 5 nitrogen and oxygen atoms in total. The number of fused-ring (bicyclic) bond motifs is 4. The average Bonchev–Trinajstić information content (AvgIpc) is 3.35. The fraction of sp³-hybridized carbons (Fsp3) is 0.545. The van der Waals surface area contributed by atoms with E-state index in [-0.39, 0.29) is 17.7 Å². The molecule has 0 radical (unpaired) electrons. The van der Waals surface area contributed by atoms with Crippen molar-refractivity contribution in [1.29, 1.82) is 0 Å². The number of allylic oxidation sites excluding steroid dienone is 1. The minimum absolute atomic E-state index is 0.0230. The number of nitrogens with zero attached hydrogens (tertiary/aromatic N) is 1. The van der Waals surface area contributed by atoms with Crippen LogP contribution in [0.2, 0.25) is 0 Å². The van der Waals surface area contributed by atoms with Crippen LogP contribution in [0, 0.1) is 5.92 Å². The maximum Gasteiger partial charge on any atom is 0.250 e. The van der Waals surface area contributed by atoms with Crippen LogP contribution >= 0.6 is 0 Å². The Morgan fingerprint density at radius 2 is 2.15 bits per heavy atom. The molecule has 1 aromatic rings. The zero-order chi connectivity index (χ0) is 18.4. The van der Waals surface area contributed by atoms with Crippen LogP contribution < -0.4 is 10.6 Å². The molecule has 0 aromatic heterocycles. The van der Waals surface area contributed by atoms with Gasteiger partial charge in [0.1, 0.15) is 5.54 Å². The highest BCUT2D eigenvalue weighted by Crippen LogP contribution is 2.55. The molecule has 142 valence electrons. The maximum atomic E-state index is 13.3. The lowest BCUT2D eigenvalue weighted by molar-refractivity contribution is -0.137. The minimum atomic E-state index is -0.831. The van der Waals surface area contributed by atoms with Crippen molar-refractivity contribution in [3.8, 4) is 0 Å². The van der Waals surface area contributed by atoms with Gasteiger partial charge in [0, 0.05) is 23.8 Å². The summed E-state index contributed by atoms with van der Waals surface area (Å²) in [5, 5.41) is 6.23. The number of nitrogens with one attached hydrogen (secondary N) is 2. The molecule has 0 bridgehead atoms. The second-order valence-electron chi connectivity index (χ2n) is 8.37. The Morgan fingerprint density at radius 3 is 3.00 bits per heavy atom. The lowest BCUT2D eigenvalue weighted by Gasteiger charge is -2.36. The van der Waals surface area contributed by atoms with Gasteiger partial charge in [-0.15, -0.1) is 0 Å². The summed E-state index contributed by atoms with van der Waals surface area (Å²) in [4.78, 5) is 28.9. The maximum absolute atomic E-state index is 13.3. The van der Waals surface area contributed by atoms with E-state index in [1.54, 1.807) is 0 Å². The molecule has 3 atom stereocenters. The molecule has 2 amide bonds. The topological polar surface area (TPSA) is 61.4 Å². The molecule has 3 aliphatic heterocycles. The largest absolute Gasteiger partial charge is 0.352 e. The van der Waals surface area contributed by atoms with Gasteiger partial charge >= 0.3 is 0 Å². The highest BCUT2D eigenvalue weighted by molar-refractivity contribution is 6.09. The molecule has 5 heteroatoms. The predicted octanol–water partition coefficient (Wildman–Crippen LogP) is 2.93. The molecule has 1 aliphatic carbocycles. The lowest BCUT2D eigenvalue weighted by atomic mass is 9.78. The second-order valence-corrected chi connectivity index (χ2v) is 8.37. The Balaban J connectivity index is 1.47. The van der Waals surface area contributed by atoms with Crippen molar-refractivity contribution in [2.75, 3.05) is 18.4 Å². The van der Waals surface area contributed by atoms with E-state index in [1.807, 2.05) is 24.3 Å². The van der Waals surface area contributed by atoms with E-state index < -0.39 is 5.54 Å². The summed E-state index contributed by atoms with van der Waals surface area (Å²) in [6, 6.07) is 8.22. The summed E-state index contributed by atoms with van der Waals surface area (Å²) in [7, 11) is 0. The summed E-state index contributed by atoms with van der Waals surface area (Å²) < 4.78 is 0. The van der Waals surface area contributed by atoms with E-state index in [9.17, 15) is 9.59 Å². The molecule has 4 aliphatic rings. The molecular weight excluding hydrogens is 338 g/mol. The summed E-state index contributed by atoms with van der Waals surface area (Å²) in [5.74, 6) is -0.316. The van der Waals surface area contributed by atoms with Gasteiger partial charge in [0.2, 0.25) is 11.8 Å². The first-order valence-electron chi connectivity index (χ1n) is 10.3. The first-order valence-corrected chi connectivity index (χ1v) is 10.3. The van der Waals surface area contributed by atoms with Crippen molar-refractivity contribution in [2.45, 2.75) is 56.5 Å². The number of rotatable bonds is 3. The number of hydrogen-bond donors (Lipinski definition) is 2. The van der Waals surface area contributed by atoms with Crippen molar-refractivity contribution >= 4 is 17.5 Å². The molecule has 5 rings (SSSR count). The SMILES string of the molecule is O=C(NCC1=CCCCC1)[C@@H]1C[C@H]2CCCN2[C@]12C(=O)Nc1ccccc12. The summed E-state index contributed by atoms with van der Waals surface area (Å²) >= 11 is 0. The van der Waals surface area contributed by atoms with Crippen molar-refractivity contribution in [3.63, 3.8) is 0 Å². The van der Waals surface area contributed by atoms with E-state index in [2.05, 4.69) is 21.6 Å². The van der Waals surface area contributed by atoms with Gasteiger partial charge in [-0.3, -0.25) is 14.5 Å². The molecular formula is C22H27N3O2. The number of hydrogen-bond acceptors (Lipinski definition) is 3. The van der Waals surface area contributed by atoms with Gasteiger partial charge in [-0.05, 0) is 57.6 Å². The van der Waals surface area contributed by atoms with Gasteiger partial charge in [-0.1, -0.05) is 29.8 Å². The molecule has 27 heavy (non-hydrogen) atoms. The van der Waals surface area contributed by atoms with Gasteiger partial charge in [0.15, 0.2) is 0 Å². The van der Waals surface area contributed by atoms with E-state index in [4.69, 9.17) is 0 Å². The van der Waals surface area contributed by atoms with Crippen LogP contribution in [0.1, 0.15) is 50.5 Å². The van der Waals surface area contributed by atoms with Crippen molar-refractivity contribution in [2.24, 2.45) is 5.92 Å². The predicted molar refractivity (Wildman–Crippen MR) is 104 cm³/mol. The van der Waals surface area contributed by atoms with E-state index in [0.717, 1.165) is 49.9 Å². The van der Waals surface area contributed by atoms with Crippen LogP contribution in [-0.4, -0.2) is 35.8 Å². The van der Waals surface area contributed by atoms with Crippen LogP contribution in [0.3, 0.4) is 0 Å². The van der Waals surface area contributed by atoms with Crippen LogP contribution in [0.25, 0.3) is 0 Å². The van der Waals surface area contributed by atoms with Crippen LogP contribution in [0.5, 0.6) is 0 Å². The molecule has 3 heterocycles. The van der Waals surface area contributed by atoms with Crippen LogP contribution in [0.4, 0.5) is 5.69 Å².